The Morgan fingerprint density at radius 3 is 2.03 bits per heavy atom. The number of benzene rings is 4. The third-order valence-corrected chi connectivity index (χ3v) is 8.71. The number of amides is 1. The molecule has 1 fully saturated rings. The molecule has 0 bridgehead atoms. The van der Waals surface area contributed by atoms with E-state index in [2.05, 4.69) is 90.4 Å². The monoisotopic (exact) mass is 500 g/mol. The van der Waals surface area contributed by atoms with Gasteiger partial charge in [0.2, 0.25) is 5.91 Å². The zero-order chi connectivity index (χ0) is 26.1. The van der Waals surface area contributed by atoms with Gasteiger partial charge in [0.15, 0.2) is 0 Å². The molecular formula is C35H36N2O. The SMILES string of the molecule is Cc1ccc(CN2CC3(CCN(C(=O)C(c4ccccc4)c4ccccc4)CC3)c3ccccc32)c(C)c1. The van der Waals surface area contributed by atoms with Crippen LogP contribution in [0.3, 0.4) is 0 Å². The summed E-state index contributed by atoms with van der Waals surface area (Å²) in [5, 5.41) is 0. The average Bonchev–Trinajstić information content (AvgIpc) is 3.24. The van der Waals surface area contributed by atoms with Gasteiger partial charge in [-0.15, -0.1) is 0 Å². The number of hydrogen-bond acceptors (Lipinski definition) is 2. The molecule has 6 rings (SSSR count). The molecule has 2 aliphatic rings. The Balaban J connectivity index is 1.23. The second-order valence-corrected chi connectivity index (χ2v) is 11.2. The highest BCUT2D eigenvalue weighted by atomic mass is 16.2. The van der Waals surface area contributed by atoms with E-state index in [1.165, 1.54) is 27.9 Å². The zero-order valence-electron chi connectivity index (χ0n) is 22.4. The highest BCUT2D eigenvalue weighted by molar-refractivity contribution is 5.87. The molecule has 38 heavy (non-hydrogen) atoms. The van der Waals surface area contributed by atoms with Crippen molar-refractivity contribution in [3.63, 3.8) is 0 Å². The van der Waals surface area contributed by atoms with Crippen molar-refractivity contribution in [2.24, 2.45) is 0 Å². The molecular weight excluding hydrogens is 464 g/mol. The molecule has 3 heteroatoms. The number of carbonyl (C=O) groups is 1. The maximum atomic E-state index is 14.0. The quantitative estimate of drug-likeness (QED) is 0.294. The van der Waals surface area contributed by atoms with Crippen LogP contribution in [0.15, 0.2) is 103 Å². The Kier molecular flexibility index (Phi) is 6.53. The molecule has 0 aromatic heterocycles. The topological polar surface area (TPSA) is 23.6 Å². The number of rotatable bonds is 5. The third kappa shape index (κ3) is 4.51. The lowest BCUT2D eigenvalue weighted by molar-refractivity contribution is -0.133. The summed E-state index contributed by atoms with van der Waals surface area (Å²) in [5.41, 5.74) is 9.11. The number of nitrogens with zero attached hydrogens (tertiary/aromatic N) is 2. The number of para-hydroxylation sites is 1. The second-order valence-electron chi connectivity index (χ2n) is 11.2. The van der Waals surface area contributed by atoms with Crippen LogP contribution in [0.5, 0.6) is 0 Å². The maximum absolute atomic E-state index is 14.0. The molecule has 1 spiro atoms. The fourth-order valence-electron chi connectivity index (χ4n) is 6.64. The first-order chi connectivity index (χ1) is 18.5. The third-order valence-electron chi connectivity index (χ3n) is 8.71. The van der Waals surface area contributed by atoms with Crippen molar-refractivity contribution in [3.8, 4) is 0 Å². The molecule has 0 aliphatic carbocycles. The summed E-state index contributed by atoms with van der Waals surface area (Å²) in [6.45, 7) is 7.91. The molecule has 4 aromatic carbocycles. The van der Waals surface area contributed by atoms with Crippen molar-refractivity contribution < 1.29 is 4.79 Å². The van der Waals surface area contributed by atoms with Gasteiger partial charge in [0, 0.05) is 37.3 Å². The molecule has 0 N–H and O–H groups in total. The van der Waals surface area contributed by atoms with Gasteiger partial charge in [-0.1, -0.05) is 103 Å². The lowest BCUT2D eigenvalue weighted by Crippen LogP contribution is -2.48. The van der Waals surface area contributed by atoms with Gasteiger partial charge in [-0.3, -0.25) is 4.79 Å². The smallest absolute Gasteiger partial charge is 0.234 e. The summed E-state index contributed by atoms with van der Waals surface area (Å²) in [4.78, 5) is 18.7. The molecule has 192 valence electrons. The van der Waals surface area contributed by atoms with Crippen LogP contribution < -0.4 is 4.90 Å². The molecule has 0 radical (unpaired) electrons. The normalized spacial score (nSPS) is 16.2. The van der Waals surface area contributed by atoms with Gasteiger partial charge in [0.05, 0.1) is 5.92 Å². The van der Waals surface area contributed by atoms with Crippen LogP contribution in [-0.2, 0) is 16.8 Å². The van der Waals surface area contributed by atoms with E-state index in [0.717, 1.165) is 50.1 Å². The highest BCUT2D eigenvalue weighted by Crippen LogP contribution is 2.48. The summed E-state index contributed by atoms with van der Waals surface area (Å²) >= 11 is 0. The summed E-state index contributed by atoms with van der Waals surface area (Å²) in [6.07, 6.45) is 1.99. The van der Waals surface area contributed by atoms with E-state index in [1.807, 2.05) is 36.4 Å². The van der Waals surface area contributed by atoms with Crippen molar-refractivity contribution in [3.05, 3.63) is 137 Å². The molecule has 4 aromatic rings. The van der Waals surface area contributed by atoms with E-state index in [0.29, 0.717) is 0 Å². The molecule has 0 unspecified atom stereocenters. The van der Waals surface area contributed by atoms with Crippen LogP contribution in [0.1, 0.15) is 52.1 Å². The van der Waals surface area contributed by atoms with Crippen LogP contribution in [-0.4, -0.2) is 30.4 Å². The van der Waals surface area contributed by atoms with Crippen molar-refractivity contribution in [1.29, 1.82) is 0 Å². The van der Waals surface area contributed by atoms with Gasteiger partial charge < -0.3 is 9.80 Å². The summed E-state index contributed by atoms with van der Waals surface area (Å²) in [5.74, 6) is -0.0426. The van der Waals surface area contributed by atoms with Crippen molar-refractivity contribution in [1.82, 2.24) is 4.90 Å². The fourth-order valence-corrected chi connectivity index (χ4v) is 6.64. The Labute approximate surface area is 226 Å². The van der Waals surface area contributed by atoms with Gasteiger partial charge in [-0.2, -0.15) is 0 Å². The van der Waals surface area contributed by atoms with Crippen LogP contribution >= 0.6 is 0 Å². The predicted molar refractivity (Wildman–Crippen MR) is 156 cm³/mol. The molecule has 2 aliphatic heterocycles. The fraction of sp³-hybridized carbons (Fsp3) is 0.286. The first kappa shape index (κ1) is 24.5. The minimum Gasteiger partial charge on any atom is -0.366 e. The number of piperidine rings is 1. The molecule has 1 saturated heterocycles. The summed E-state index contributed by atoms with van der Waals surface area (Å²) < 4.78 is 0. The van der Waals surface area contributed by atoms with Crippen molar-refractivity contribution >= 4 is 11.6 Å². The number of likely N-dealkylation sites (tertiary alicyclic amines) is 1. The van der Waals surface area contributed by atoms with Crippen LogP contribution in [0, 0.1) is 13.8 Å². The summed E-state index contributed by atoms with van der Waals surface area (Å²) in [6, 6.07) is 36.2. The largest absolute Gasteiger partial charge is 0.366 e. The molecule has 1 amide bonds. The van der Waals surface area contributed by atoms with E-state index >= 15 is 0 Å². The van der Waals surface area contributed by atoms with E-state index in [9.17, 15) is 4.79 Å². The minimum atomic E-state index is -0.261. The Morgan fingerprint density at radius 1 is 0.789 bits per heavy atom. The van der Waals surface area contributed by atoms with Gasteiger partial charge in [-0.05, 0) is 60.6 Å². The van der Waals surface area contributed by atoms with Gasteiger partial charge in [0.1, 0.15) is 0 Å². The Morgan fingerprint density at radius 2 is 1.39 bits per heavy atom. The zero-order valence-corrected chi connectivity index (χ0v) is 22.4. The lowest BCUT2D eigenvalue weighted by atomic mass is 9.74. The lowest BCUT2D eigenvalue weighted by Gasteiger charge is -2.41. The Hall–Kier alpha value is -3.85. The van der Waals surface area contributed by atoms with Crippen LogP contribution in [0.2, 0.25) is 0 Å². The standard InChI is InChI=1S/C35H36N2O/c1-26-17-18-30(27(2)23-26)24-37-25-35(31-15-9-10-16-32(31)37)19-21-36(22-20-35)34(38)33(28-11-5-3-6-12-28)29-13-7-4-8-14-29/h3-18,23,33H,19-22,24-25H2,1-2H3. The number of fused-ring (bicyclic) bond motifs is 2. The number of carbonyl (C=O) groups excluding carboxylic acids is 1. The average molecular weight is 501 g/mol. The van der Waals surface area contributed by atoms with Crippen molar-refractivity contribution in [2.45, 2.75) is 44.6 Å². The van der Waals surface area contributed by atoms with Gasteiger partial charge in [-0.25, -0.2) is 0 Å². The highest BCUT2D eigenvalue weighted by Gasteiger charge is 2.45. The summed E-state index contributed by atoms with van der Waals surface area (Å²) in [7, 11) is 0. The van der Waals surface area contributed by atoms with Crippen LogP contribution in [0.4, 0.5) is 5.69 Å². The van der Waals surface area contributed by atoms with Crippen molar-refractivity contribution in [2.75, 3.05) is 24.5 Å². The first-order valence-electron chi connectivity index (χ1n) is 13.8. The molecule has 3 nitrogen and oxygen atoms in total. The predicted octanol–water partition coefficient (Wildman–Crippen LogP) is 7.02. The maximum Gasteiger partial charge on any atom is 0.234 e. The number of hydrogen-bond donors (Lipinski definition) is 0. The van der Waals surface area contributed by atoms with Gasteiger partial charge in [0.25, 0.3) is 0 Å². The number of aryl methyl sites for hydroxylation is 2. The molecule has 0 atom stereocenters. The van der Waals surface area contributed by atoms with Crippen LogP contribution in [0.25, 0.3) is 0 Å². The Bertz CT molecular complexity index is 1380. The minimum absolute atomic E-state index is 0.0982. The van der Waals surface area contributed by atoms with E-state index in [4.69, 9.17) is 0 Å². The number of anilines is 1. The van der Waals surface area contributed by atoms with Gasteiger partial charge >= 0.3 is 0 Å². The van der Waals surface area contributed by atoms with E-state index < -0.39 is 0 Å². The first-order valence-corrected chi connectivity index (χ1v) is 13.8. The second kappa shape index (κ2) is 10.1. The molecule has 2 heterocycles. The van der Waals surface area contributed by atoms with E-state index in [1.54, 1.807) is 0 Å². The van der Waals surface area contributed by atoms with E-state index in [-0.39, 0.29) is 17.2 Å². The molecule has 0 saturated carbocycles.